The summed E-state index contributed by atoms with van der Waals surface area (Å²) in [6.07, 6.45) is 0. The first kappa shape index (κ1) is 21.9. The van der Waals surface area contributed by atoms with E-state index in [2.05, 4.69) is 80.6 Å². The van der Waals surface area contributed by atoms with E-state index in [1.165, 1.54) is 28.8 Å². The second-order valence-electron chi connectivity index (χ2n) is 10.4. The Morgan fingerprint density at radius 1 is 0.459 bits per heavy atom. The highest BCUT2D eigenvalue weighted by atomic mass is 19.2. The van der Waals surface area contributed by atoms with E-state index in [-0.39, 0.29) is 5.41 Å². The summed E-state index contributed by atoms with van der Waals surface area (Å²) in [7, 11) is 0. The SMILES string of the molecule is CC1(C)c2ccccc2-c2cc(-c3cc(F)c(F)cc3-c3cc4ccccc4c4ccccc34)ccc21. The molecule has 7 rings (SSSR count). The molecule has 0 bridgehead atoms. The summed E-state index contributed by atoms with van der Waals surface area (Å²) in [5, 5.41) is 4.32. The van der Waals surface area contributed by atoms with Crippen LogP contribution in [0.4, 0.5) is 8.78 Å². The van der Waals surface area contributed by atoms with E-state index in [1.54, 1.807) is 0 Å². The van der Waals surface area contributed by atoms with Gasteiger partial charge in [0, 0.05) is 5.41 Å². The largest absolute Gasteiger partial charge is 0.204 e. The molecule has 6 aromatic rings. The number of halogens is 2. The van der Waals surface area contributed by atoms with Crippen LogP contribution in [0.25, 0.3) is 54.9 Å². The van der Waals surface area contributed by atoms with Crippen LogP contribution in [0.2, 0.25) is 0 Å². The molecule has 0 fully saturated rings. The van der Waals surface area contributed by atoms with Crippen molar-refractivity contribution in [3.8, 4) is 33.4 Å². The van der Waals surface area contributed by atoms with Crippen molar-refractivity contribution < 1.29 is 8.78 Å². The monoisotopic (exact) mass is 482 g/mol. The van der Waals surface area contributed by atoms with E-state index in [0.29, 0.717) is 11.1 Å². The summed E-state index contributed by atoms with van der Waals surface area (Å²) in [6, 6.07) is 36.0. The average molecular weight is 483 g/mol. The van der Waals surface area contributed by atoms with Crippen LogP contribution in [0, 0.1) is 11.6 Å². The molecule has 0 unspecified atom stereocenters. The molecule has 0 spiro atoms. The second kappa shape index (κ2) is 7.85. The molecule has 0 aromatic heterocycles. The third kappa shape index (κ3) is 3.18. The predicted octanol–water partition coefficient (Wildman–Crippen LogP) is 9.91. The van der Waals surface area contributed by atoms with Gasteiger partial charge in [0.15, 0.2) is 11.6 Å². The maximum atomic E-state index is 14.8. The summed E-state index contributed by atoms with van der Waals surface area (Å²) in [4.78, 5) is 0. The molecular weight excluding hydrogens is 458 g/mol. The summed E-state index contributed by atoms with van der Waals surface area (Å²) >= 11 is 0. The lowest BCUT2D eigenvalue weighted by Gasteiger charge is -2.21. The third-order valence-corrected chi connectivity index (χ3v) is 8.01. The molecule has 6 aromatic carbocycles. The fourth-order valence-electron chi connectivity index (χ4n) is 6.17. The summed E-state index contributed by atoms with van der Waals surface area (Å²) < 4.78 is 29.6. The average Bonchev–Trinajstić information content (AvgIpc) is 3.16. The van der Waals surface area contributed by atoms with Crippen LogP contribution in [0.15, 0.2) is 109 Å². The summed E-state index contributed by atoms with van der Waals surface area (Å²) in [5.41, 5.74) is 7.90. The van der Waals surface area contributed by atoms with Gasteiger partial charge < -0.3 is 0 Å². The zero-order valence-electron chi connectivity index (χ0n) is 20.6. The molecular formula is C35H24F2. The third-order valence-electron chi connectivity index (χ3n) is 8.01. The standard InChI is InChI=1S/C35H24F2/c1-35(2)31-14-8-7-13-26(31)30-18-22(15-16-32(30)35)27-19-33(36)34(37)20-29(27)28-17-21-9-3-4-10-23(21)24-11-5-6-12-25(24)28/h3-20H,1-2H3. The van der Waals surface area contributed by atoms with Crippen molar-refractivity contribution in [3.05, 3.63) is 132 Å². The molecule has 0 N–H and O–H groups in total. The first-order valence-corrected chi connectivity index (χ1v) is 12.6. The van der Waals surface area contributed by atoms with Crippen molar-refractivity contribution in [2.75, 3.05) is 0 Å². The van der Waals surface area contributed by atoms with Crippen molar-refractivity contribution in [1.82, 2.24) is 0 Å². The zero-order valence-corrected chi connectivity index (χ0v) is 20.6. The van der Waals surface area contributed by atoms with Gasteiger partial charge >= 0.3 is 0 Å². The van der Waals surface area contributed by atoms with Gasteiger partial charge in [0.05, 0.1) is 0 Å². The quantitative estimate of drug-likeness (QED) is 0.215. The number of benzene rings is 6. The van der Waals surface area contributed by atoms with Crippen LogP contribution in [0.3, 0.4) is 0 Å². The van der Waals surface area contributed by atoms with E-state index in [4.69, 9.17) is 0 Å². The zero-order chi connectivity index (χ0) is 25.3. The lowest BCUT2D eigenvalue weighted by atomic mass is 9.82. The minimum absolute atomic E-state index is 0.115. The van der Waals surface area contributed by atoms with Crippen molar-refractivity contribution in [2.45, 2.75) is 19.3 Å². The van der Waals surface area contributed by atoms with Crippen molar-refractivity contribution in [1.29, 1.82) is 0 Å². The molecule has 0 atom stereocenters. The molecule has 1 aliphatic carbocycles. The van der Waals surface area contributed by atoms with Crippen LogP contribution in [-0.4, -0.2) is 0 Å². The highest BCUT2D eigenvalue weighted by Gasteiger charge is 2.35. The normalized spacial score (nSPS) is 13.6. The Labute approximate surface area is 214 Å². The van der Waals surface area contributed by atoms with Crippen LogP contribution < -0.4 is 0 Å². The molecule has 0 amide bonds. The molecule has 37 heavy (non-hydrogen) atoms. The minimum atomic E-state index is -0.844. The summed E-state index contributed by atoms with van der Waals surface area (Å²) in [5.74, 6) is -1.69. The number of fused-ring (bicyclic) bond motifs is 6. The van der Waals surface area contributed by atoms with E-state index in [0.717, 1.165) is 38.2 Å². The highest BCUT2D eigenvalue weighted by molar-refractivity contribution is 6.14. The number of rotatable bonds is 2. The van der Waals surface area contributed by atoms with Crippen LogP contribution in [-0.2, 0) is 5.41 Å². The van der Waals surface area contributed by atoms with Gasteiger partial charge in [0.25, 0.3) is 0 Å². The Bertz CT molecular complexity index is 1880. The molecule has 2 heteroatoms. The van der Waals surface area contributed by atoms with Crippen molar-refractivity contribution >= 4 is 21.5 Å². The lowest BCUT2D eigenvalue weighted by molar-refractivity contribution is 0.509. The molecule has 0 nitrogen and oxygen atoms in total. The Kier molecular flexibility index (Phi) is 4.65. The molecule has 178 valence electrons. The molecule has 0 aliphatic heterocycles. The van der Waals surface area contributed by atoms with Gasteiger partial charge in [-0.2, -0.15) is 0 Å². The van der Waals surface area contributed by atoms with Crippen molar-refractivity contribution in [3.63, 3.8) is 0 Å². The molecule has 0 saturated heterocycles. The molecule has 0 heterocycles. The topological polar surface area (TPSA) is 0 Å². The van der Waals surface area contributed by atoms with E-state index >= 15 is 0 Å². The van der Waals surface area contributed by atoms with E-state index < -0.39 is 11.6 Å². The van der Waals surface area contributed by atoms with E-state index in [9.17, 15) is 8.78 Å². The van der Waals surface area contributed by atoms with Crippen molar-refractivity contribution in [2.24, 2.45) is 0 Å². The maximum Gasteiger partial charge on any atom is 0.159 e. The molecule has 0 radical (unpaired) electrons. The fourth-order valence-corrected chi connectivity index (χ4v) is 6.17. The lowest BCUT2D eigenvalue weighted by Crippen LogP contribution is -2.14. The van der Waals surface area contributed by atoms with Crippen LogP contribution >= 0.6 is 0 Å². The Morgan fingerprint density at radius 3 is 1.89 bits per heavy atom. The number of hydrogen-bond acceptors (Lipinski definition) is 0. The minimum Gasteiger partial charge on any atom is -0.204 e. The first-order valence-electron chi connectivity index (χ1n) is 12.6. The van der Waals surface area contributed by atoms with E-state index in [1.807, 2.05) is 30.3 Å². The van der Waals surface area contributed by atoms with Gasteiger partial charge in [0.2, 0.25) is 0 Å². The fraction of sp³-hybridized carbons (Fsp3) is 0.0857. The van der Waals surface area contributed by atoms with Gasteiger partial charge in [-0.3, -0.25) is 0 Å². The Morgan fingerprint density at radius 2 is 1.08 bits per heavy atom. The second-order valence-corrected chi connectivity index (χ2v) is 10.4. The molecule has 0 saturated carbocycles. The maximum absolute atomic E-state index is 14.8. The van der Waals surface area contributed by atoms with Gasteiger partial charge in [-0.05, 0) is 90.3 Å². The Balaban J connectivity index is 1.53. The van der Waals surface area contributed by atoms with Crippen LogP contribution in [0.5, 0.6) is 0 Å². The summed E-state index contributed by atoms with van der Waals surface area (Å²) in [6.45, 7) is 4.48. The Hall–Kier alpha value is -4.30. The first-order chi connectivity index (χ1) is 17.9. The van der Waals surface area contributed by atoms with Gasteiger partial charge in [0.1, 0.15) is 0 Å². The van der Waals surface area contributed by atoms with Gasteiger partial charge in [-0.15, -0.1) is 0 Å². The number of hydrogen-bond donors (Lipinski definition) is 0. The van der Waals surface area contributed by atoms with Gasteiger partial charge in [-0.25, -0.2) is 8.78 Å². The highest BCUT2D eigenvalue weighted by Crippen LogP contribution is 2.50. The molecule has 1 aliphatic rings. The predicted molar refractivity (Wildman–Crippen MR) is 150 cm³/mol. The van der Waals surface area contributed by atoms with Gasteiger partial charge in [-0.1, -0.05) is 98.8 Å². The van der Waals surface area contributed by atoms with Crippen LogP contribution in [0.1, 0.15) is 25.0 Å². The smallest absolute Gasteiger partial charge is 0.159 e.